The van der Waals surface area contributed by atoms with E-state index in [-0.39, 0.29) is 29.1 Å². The molecule has 5 nitrogen and oxygen atoms in total. The van der Waals surface area contributed by atoms with Crippen molar-refractivity contribution >= 4 is 15.7 Å². The van der Waals surface area contributed by atoms with Crippen LogP contribution in [0.15, 0.2) is 29.2 Å². The van der Waals surface area contributed by atoms with Crippen molar-refractivity contribution < 1.29 is 31.1 Å². The fourth-order valence-corrected chi connectivity index (χ4v) is 3.87. The molecule has 0 fully saturated rings. The maximum Gasteiger partial charge on any atom is 0.416 e. The van der Waals surface area contributed by atoms with Gasteiger partial charge in [0.05, 0.1) is 16.2 Å². The molecule has 0 bridgehead atoms. The van der Waals surface area contributed by atoms with E-state index in [1.165, 1.54) is 7.11 Å². The van der Waals surface area contributed by atoms with E-state index in [0.717, 1.165) is 31.0 Å². The Hall–Kier alpha value is -1.74. The molecular weight excluding hydrogens is 383 g/mol. The lowest BCUT2D eigenvalue weighted by atomic mass is 10.1. The second-order valence-electron chi connectivity index (χ2n) is 6.27. The zero-order valence-electron chi connectivity index (χ0n) is 15.9. The number of methoxy groups -OCH3 is 1. The third kappa shape index (κ3) is 7.06. The molecule has 0 spiro atoms. The number of anilines is 1. The van der Waals surface area contributed by atoms with E-state index in [2.05, 4.69) is 4.72 Å². The molecule has 0 radical (unpaired) electrons. The van der Waals surface area contributed by atoms with Gasteiger partial charge in [0.15, 0.2) is 6.79 Å². The lowest BCUT2D eigenvalue weighted by molar-refractivity contribution is -0.137. The predicted octanol–water partition coefficient (Wildman–Crippen LogP) is 5.16. The van der Waals surface area contributed by atoms with Gasteiger partial charge in [0.1, 0.15) is 5.75 Å². The van der Waals surface area contributed by atoms with Crippen molar-refractivity contribution in [1.29, 1.82) is 0 Å². The maximum absolute atomic E-state index is 12.9. The average Bonchev–Trinajstić information content (AvgIpc) is 2.56. The van der Waals surface area contributed by atoms with E-state index in [4.69, 9.17) is 9.47 Å². The van der Waals surface area contributed by atoms with Crippen LogP contribution in [-0.2, 0) is 20.9 Å². The molecule has 0 heterocycles. The molecule has 0 amide bonds. The number of ether oxygens (including phenoxy) is 2. The van der Waals surface area contributed by atoms with Crippen LogP contribution in [0.1, 0.15) is 45.6 Å². The summed E-state index contributed by atoms with van der Waals surface area (Å²) in [5.41, 5.74) is -1.03. The number of unbranched alkanes of at least 4 members (excludes halogenated alkanes) is 2. The fraction of sp³-hybridized carbons (Fsp3) is 0.556. The zero-order valence-corrected chi connectivity index (χ0v) is 16.7. The highest BCUT2D eigenvalue weighted by molar-refractivity contribution is 7.96. The van der Waals surface area contributed by atoms with Crippen molar-refractivity contribution in [3.8, 4) is 5.75 Å². The summed E-state index contributed by atoms with van der Waals surface area (Å²) in [5, 5.41) is 0. The van der Waals surface area contributed by atoms with Crippen LogP contribution in [0.25, 0.3) is 0 Å². The number of hydrogen-bond acceptors (Lipinski definition) is 4. The van der Waals surface area contributed by atoms with Gasteiger partial charge >= 0.3 is 6.18 Å². The minimum atomic E-state index is -4.58. The van der Waals surface area contributed by atoms with E-state index >= 15 is 0 Å². The molecule has 1 aromatic carbocycles. The molecular formula is C18H26F3NO4S. The Morgan fingerprint density at radius 1 is 1.30 bits per heavy atom. The Labute approximate surface area is 158 Å². The van der Waals surface area contributed by atoms with Gasteiger partial charge in [-0.05, 0) is 30.5 Å². The van der Waals surface area contributed by atoms with E-state index < -0.39 is 21.8 Å². The van der Waals surface area contributed by atoms with Crippen molar-refractivity contribution in [3.63, 3.8) is 0 Å². The second-order valence-corrected chi connectivity index (χ2v) is 7.95. The normalized spacial score (nSPS) is 13.1. The molecule has 0 unspecified atom stereocenters. The van der Waals surface area contributed by atoms with Gasteiger partial charge in [-0.1, -0.05) is 39.7 Å². The van der Waals surface area contributed by atoms with Crippen LogP contribution in [0.5, 0.6) is 5.75 Å². The minimum absolute atomic E-state index is 0.0814. The van der Waals surface area contributed by atoms with E-state index in [1.54, 1.807) is 19.9 Å². The molecule has 1 N–H and O–H groups in total. The zero-order chi connectivity index (χ0) is 20.7. The highest BCUT2D eigenvalue weighted by Gasteiger charge is 2.32. The summed E-state index contributed by atoms with van der Waals surface area (Å²) < 4.78 is 76.5. The first-order valence-corrected chi connectivity index (χ1v) is 10.1. The largest absolute Gasteiger partial charge is 0.465 e. The van der Waals surface area contributed by atoms with E-state index in [1.807, 2.05) is 6.92 Å². The summed E-state index contributed by atoms with van der Waals surface area (Å²) in [7, 11) is -2.63. The molecule has 0 aliphatic heterocycles. The van der Waals surface area contributed by atoms with Gasteiger partial charge in [-0.15, -0.1) is 0 Å². The molecule has 9 heteroatoms. The van der Waals surface area contributed by atoms with Gasteiger partial charge in [-0.25, -0.2) is 8.42 Å². The summed E-state index contributed by atoms with van der Waals surface area (Å²) in [6.45, 7) is 5.16. The van der Waals surface area contributed by atoms with Crippen LogP contribution in [0.2, 0.25) is 0 Å². The molecule has 0 atom stereocenters. The van der Waals surface area contributed by atoms with Crippen molar-refractivity contribution in [3.05, 3.63) is 34.7 Å². The summed E-state index contributed by atoms with van der Waals surface area (Å²) >= 11 is 0. The minimum Gasteiger partial charge on any atom is -0.465 e. The van der Waals surface area contributed by atoms with E-state index in [9.17, 15) is 21.6 Å². The summed E-state index contributed by atoms with van der Waals surface area (Å²) in [6, 6.07) is 2.58. The average molecular weight is 409 g/mol. The third-order valence-electron chi connectivity index (χ3n) is 3.67. The number of sulfonamides is 1. The Bertz CT molecular complexity index is 743. The van der Waals surface area contributed by atoms with Gasteiger partial charge in [-0.2, -0.15) is 13.2 Å². The molecule has 0 aliphatic carbocycles. The van der Waals surface area contributed by atoms with Crippen molar-refractivity contribution in [2.75, 3.05) is 18.6 Å². The highest BCUT2D eigenvalue weighted by atomic mass is 32.2. The Morgan fingerprint density at radius 2 is 1.96 bits per heavy atom. The second kappa shape index (κ2) is 9.98. The van der Waals surface area contributed by atoms with Crippen LogP contribution in [0.3, 0.4) is 0 Å². The van der Waals surface area contributed by atoms with Crippen molar-refractivity contribution in [2.45, 2.75) is 46.2 Å². The quantitative estimate of drug-likeness (QED) is 0.428. The standard InChI is InChI=1S/C18H26F3NO4S/c1-5-6-7-8-17(13(2)3)27(23,24)22-15-10-9-14(18(19,20)21)11-16(15)26-12-25-4/h8-11,13,22H,5-7,12H2,1-4H3/b17-8+. The maximum atomic E-state index is 12.9. The molecule has 0 saturated carbocycles. The lowest BCUT2D eigenvalue weighted by Gasteiger charge is -2.18. The third-order valence-corrected chi connectivity index (χ3v) is 5.42. The summed E-state index contributed by atoms with van der Waals surface area (Å²) in [6.07, 6.45) is -0.565. The van der Waals surface area contributed by atoms with Crippen LogP contribution < -0.4 is 9.46 Å². The van der Waals surface area contributed by atoms with Gasteiger partial charge in [0, 0.05) is 7.11 Å². The molecule has 0 aromatic heterocycles. The Kier molecular flexibility index (Phi) is 8.61. The summed E-state index contributed by atoms with van der Waals surface area (Å²) in [4.78, 5) is 0.188. The number of nitrogens with one attached hydrogen (secondary N) is 1. The highest BCUT2D eigenvalue weighted by Crippen LogP contribution is 2.36. The first-order valence-electron chi connectivity index (χ1n) is 8.58. The van der Waals surface area contributed by atoms with Gasteiger partial charge < -0.3 is 9.47 Å². The molecule has 154 valence electrons. The number of benzene rings is 1. The number of rotatable bonds is 10. The summed E-state index contributed by atoms with van der Waals surface area (Å²) in [5.74, 6) is -0.538. The monoisotopic (exact) mass is 409 g/mol. The van der Waals surface area contributed by atoms with E-state index in [0.29, 0.717) is 6.42 Å². The first-order chi connectivity index (χ1) is 12.5. The topological polar surface area (TPSA) is 64.6 Å². The smallest absolute Gasteiger partial charge is 0.416 e. The molecule has 0 aliphatic rings. The van der Waals surface area contributed by atoms with Crippen LogP contribution in [0.4, 0.5) is 18.9 Å². The number of halogens is 3. The first kappa shape index (κ1) is 23.3. The molecule has 0 saturated heterocycles. The fourth-order valence-electron chi connectivity index (χ4n) is 2.33. The van der Waals surface area contributed by atoms with Crippen LogP contribution in [0, 0.1) is 5.92 Å². The predicted molar refractivity (Wildman–Crippen MR) is 98.9 cm³/mol. The van der Waals surface area contributed by atoms with Crippen molar-refractivity contribution in [2.24, 2.45) is 5.92 Å². The Morgan fingerprint density at radius 3 is 2.48 bits per heavy atom. The SMILES string of the molecule is CCCC/C=C(\C(C)C)S(=O)(=O)Nc1ccc(C(F)(F)F)cc1OCOC. The van der Waals surface area contributed by atoms with Crippen molar-refractivity contribution in [1.82, 2.24) is 0 Å². The lowest BCUT2D eigenvalue weighted by Crippen LogP contribution is -2.19. The molecule has 1 rings (SSSR count). The molecule has 27 heavy (non-hydrogen) atoms. The number of hydrogen-bond donors (Lipinski definition) is 1. The Balaban J connectivity index is 3.25. The number of allylic oxidation sites excluding steroid dienone is 2. The van der Waals surface area contributed by atoms with Gasteiger partial charge in [-0.3, -0.25) is 4.72 Å². The van der Waals surface area contributed by atoms with Gasteiger partial charge in [0.2, 0.25) is 0 Å². The molecule has 1 aromatic rings. The number of alkyl halides is 3. The van der Waals surface area contributed by atoms with Crippen LogP contribution in [-0.4, -0.2) is 22.3 Å². The van der Waals surface area contributed by atoms with Gasteiger partial charge in [0.25, 0.3) is 10.0 Å². The van der Waals surface area contributed by atoms with Crippen LogP contribution >= 0.6 is 0 Å².